The summed E-state index contributed by atoms with van der Waals surface area (Å²) in [4.78, 5) is 1.40. The summed E-state index contributed by atoms with van der Waals surface area (Å²) in [6.45, 7) is 3.21. The van der Waals surface area contributed by atoms with E-state index in [1.807, 2.05) is 11.3 Å². The van der Waals surface area contributed by atoms with Gasteiger partial charge in [0.05, 0.1) is 0 Å². The molecular weight excluding hydrogens is 226 g/mol. The first kappa shape index (κ1) is 12.3. The Bertz CT molecular complexity index is 408. The molecule has 0 bridgehead atoms. The summed E-state index contributed by atoms with van der Waals surface area (Å²) in [5.41, 5.74) is 1.39. The molecule has 1 atom stereocenters. The average Bonchev–Trinajstić information content (AvgIpc) is 2.88. The number of hydrogen-bond donors (Lipinski definition) is 1. The van der Waals surface area contributed by atoms with Crippen LogP contribution < -0.4 is 5.32 Å². The van der Waals surface area contributed by atoms with Gasteiger partial charge in [0.1, 0.15) is 0 Å². The maximum atomic E-state index is 3.65. The van der Waals surface area contributed by atoms with E-state index in [0.29, 0.717) is 6.04 Å². The maximum absolute atomic E-state index is 3.65. The SMILES string of the molecule is CCCC(NCc1cccs1)c1ccccc1. The zero-order valence-corrected chi connectivity index (χ0v) is 11.0. The molecule has 0 spiro atoms. The topological polar surface area (TPSA) is 12.0 Å². The predicted molar refractivity (Wildman–Crippen MR) is 75.2 cm³/mol. The molecule has 1 unspecified atom stereocenters. The molecule has 2 rings (SSSR count). The van der Waals surface area contributed by atoms with Crippen molar-refractivity contribution in [2.24, 2.45) is 0 Å². The number of nitrogens with one attached hydrogen (secondary N) is 1. The van der Waals surface area contributed by atoms with Crippen LogP contribution in [0.1, 0.15) is 36.2 Å². The van der Waals surface area contributed by atoms with Crippen molar-refractivity contribution in [2.75, 3.05) is 0 Å². The fourth-order valence-electron chi connectivity index (χ4n) is 2.00. The highest BCUT2D eigenvalue weighted by atomic mass is 32.1. The molecule has 17 heavy (non-hydrogen) atoms. The second kappa shape index (κ2) is 6.58. The van der Waals surface area contributed by atoms with Crippen molar-refractivity contribution in [3.05, 3.63) is 58.3 Å². The zero-order chi connectivity index (χ0) is 11.9. The van der Waals surface area contributed by atoms with E-state index in [1.165, 1.54) is 23.3 Å². The second-order valence-electron chi connectivity index (χ2n) is 4.21. The van der Waals surface area contributed by atoms with Crippen molar-refractivity contribution >= 4 is 11.3 Å². The maximum Gasteiger partial charge on any atom is 0.0323 e. The smallest absolute Gasteiger partial charge is 0.0323 e. The van der Waals surface area contributed by atoms with E-state index in [1.54, 1.807) is 0 Å². The Hall–Kier alpha value is -1.12. The summed E-state index contributed by atoms with van der Waals surface area (Å²) < 4.78 is 0. The van der Waals surface area contributed by atoms with Crippen LogP contribution in [0.25, 0.3) is 0 Å². The Morgan fingerprint density at radius 2 is 1.94 bits per heavy atom. The molecule has 1 aromatic carbocycles. The third-order valence-corrected chi connectivity index (χ3v) is 3.76. The molecule has 0 saturated carbocycles. The Labute approximate surface area is 108 Å². The van der Waals surface area contributed by atoms with Gasteiger partial charge in [-0.2, -0.15) is 0 Å². The lowest BCUT2D eigenvalue weighted by Crippen LogP contribution is -2.20. The fraction of sp³-hybridized carbons (Fsp3) is 0.333. The summed E-state index contributed by atoms with van der Waals surface area (Å²) in [6.07, 6.45) is 2.40. The van der Waals surface area contributed by atoms with Crippen molar-refractivity contribution in [2.45, 2.75) is 32.4 Å². The molecule has 0 amide bonds. The van der Waals surface area contributed by atoms with Gasteiger partial charge >= 0.3 is 0 Å². The van der Waals surface area contributed by atoms with E-state index in [-0.39, 0.29) is 0 Å². The fourth-order valence-corrected chi connectivity index (χ4v) is 2.65. The third kappa shape index (κ3) is 3.69. The van der Waals surface area contributed by atoms with Gasteiger partial charge in [-0.3, -0.25) is 0 Å². The van der Waals surface area contributed by atoms with Gasteiger partial charge in [-0.25, -0.2) is 0 Å². The second-order valence-corrected chi connectivity index (χ2v) is 5.24. The van der Waals surface area contributed by atoms with E-state index < -0.39 is 0 Å². The van der Waals surface area contributed by atoms with Gasteiger partial charge < -0.3 is 5.32 Å². The van der Waals surface area contributed by atoms with Crippen molar-refractivity contribution in [3.8, 4) is 0 Å². The lowest BCUT2D eigenvalue weighted by Gasteiger charge is -2.18. The molecular formula is C15H19NS. The van der Waals surface area contributed by atoms with Gasteiger partial charge in [-0.15, -0.1) is 11.3 Å². The average molecular weight is 245 g/mol. The molecule has 0 aliphatic rings. The zero-order valence-electron chi connectivity index (χ0n) is 10.2. The van der Waals surface area contributed by atoms with Gasteiger partial charge in [0.2, 0.25) is 0 Å². The summed E-state index contributed by atoms with van der Waals surface area (Å²) in [6, 6.07) is 15.5. The van der Waals surface area contributed by atoms with Crippen LogP contribution in [0.5, 0.6) is 0 Å². The van der Waals surface area contributed by atoms with Crippen molar-refractivity contribution in [1.29, 1.82) is 0 Å². The van der Waals surface area contributed by atoms with Crippen LogP contribution in [0.4, 0.5) is 0 Å². The molecule has 2 aromatic rings. The minimum atomic E-state index is 0.475. The normalized spacial score (nSPS) is 12.5. The molecule has 0 saturated heterocycles. The van der Waals surface area contributed by atoms with Crippen LogP contribution >= 0.6 is 11.3 Å². The Morgan fingerprint density at radius 1 is 1.12 bits per heavy atom. The standard InChI is InChI=1S/C15H19NS/c1-2-7-15(13-8-4-3-5-9-13)16-12-14-10-6-11-17-14/h3-6,8-11,15-16H,2,7,12H2,1H3. The lowest BCUT2D eigenvalue weighted by molar-refractivity contribution is 0.496. The van der Waals surface area contributed by atoms with Gasteiger partial charge in [-0.1, -0.05) is 49.7 Å². The monoisotopic (exact) mass is 245 g/mol. The van der Waals surface area contributed by atoms with Gasteiger partial charge in [0.25, 0.3) is 0 Å². The first-order valence-electron chi connectivity index (χ1n) is 6.21. The number of hydrogen-bond acceptors (Lipinski definition) is 2. The molecule has 0 aliphatic heterocycles. The van der Waals surface area contributed by atoms with Crippen molar-refractivity contribution < 1.29 is 0 Å². The summed E-state index contributed by atoms with van der Waals surface area (Å²) in [5, 5.41) is 5.78. The Kier molecular flexibility index (Phi) is 4.77. The molecule has 2 heteroatoms. The van der Waals surface area contributed by atoms with Gasteiger partial charge in [0, 0.05) is 17.5 Å². The molecule has 1 nitrogen and oxygen atoms in total. The largest absolute Gasteiger partial charge is 0.305 e. The highest BCUT2D eigenvalue weighted by Crippen LogP contribution is 2.19. The predicted octanol–water partition coefficient (Wildman–Crippen LogP) is 4.38. The first-order chi connectivity index (χ1) is 8.40. The quantitative estimate of drug-likeness (QED) is 0.796. The third-order valence-electron chi connectivity index (χ3n) is 2.88. The molecule has 0 fully saturated rings. The number of rotatable bonds is 6. The Balaban J connectivity index is 1.98. The van der Waals surface area contributed by atoms with Crippen molar-refractivity contribution in [3.63, 3.8) is 0 Å². The van der Waals surface area contributed by atoms with E-state index in [0.717, 1.165) is 6.54 Å². The molecule has 1 N–H and O–H groups in total. The van der Waals surface area contributed by atoms with E-state index in [2.05, 4.69) is 60.1 Å². The highest BCUT2D eigenvalue weighted by Gasteiger charge is 2.09. The minimum Gasteiger partial charge on any atom is -0.305 e. The molecule has 1 heterocycles. The summed E-state index contributed by atoms with van der Waals surface area (Å²) in [7, 11) is 0. The van der Waals surface area contributed by atoms with Gasteiger partial charge in [-0.05, 0) is 23.4 Å². The number of benzene rings is 1. The van der Waals surface area contributed by atoms with E-state index in [4.69, 9.17) is 0 Å². The van der Waals surface area contributed by atoms with Crippen molar-refractivity contribution in [1.82, 2.24) is 5.32 Å². The van der Waals surface area contributed by atoms with Crippen LogP contribution in [0.3, 0.4) is 0 Å². The Morgan fingerprint density at radius 3 is 2.59 bits per heavy atom. The highest BCUT2D eigenvalue weighted by molar-refractivity contribution is 7.09. The first-order valence-corrected chi connectivity index (χ1v) is 7.09. The van der Waals surface area contributed by atoms with Gasteiger partial charge in [0.15, 0.2) is 0 Å². The molecule has 0 radical (unpaired) electrons. The summed E-state index contributed by atoms with van der Waals surface area (Å²) >= 11 is 1.82. The van der Waals surface area contributed by atoms with Crippen LogP contribution in [0.15, 0.2) is 47.8 Å². The summed E-state index contributed by atoms with van der Waals surface area (Å²) in [5.74, 6) is 0. The minimum absolute atomic E-state index is 0.475. The molecule has 0 aliphatic carbocycles. The van der Waals surface area contributed by atoms with Crippen LogP contribution in [-0.4, -0.2) is 0 Å². The molecule has 90 valence electrons. The van der Waals surface area contributed by atoms with Crippen LogP contribution in [-0.2, 0) is 6.54 Å². The number of thiophene rings is 1. The molecule has 1 aromatic heterocycles. The van der Waals surface area contributed by atoms with Crippen LogP contribution in [0.2, 0.25) is 0 Å². The van der Waals surface area contributed by atoms with Crippen LogP contribution in [0, 0.1) is 0 Å². The lowest BCUT2D eigenvalue weighted by atomic mass is 10.0. The van der Waals surface area contributed by atoms with E-state index in [9.17, 15) is 0 Å². The van der Waals surface area contributed by atoms with E-state index >= 15 is 0 Å².